The highest BCUT2D eigenvalue weighted by Gasteiger charge is 2.55. The number of benzene rings is 2. The number of carbonyl (C=O) groups is 3. The largest absolute Gasteiger partial charge is 0.497 e. The zero-order valence-electron chi connectivity index (χ0n) is 20.8. The maximum Gasteiger partial charge on any atom is 0.338 e. The Morgan fingerprint density at radius 1 is 0.944 bits per heavy atom. The number of methoxy groups -OCH3 is 1. The summed E-state index contributed by atoms with van der Waals surface area (Å²) in [4.78, 5) is 38.3. The molecule has 6 rings (SSSR count). The van der Waals surface area contributed by atoms with Crippen molar-refractivity contribution in [3.8, 4) is 11.5 Å². The molecule has 0 radical (unpaired) electrons. The van der Waals surface area contributed by atoms with Crippen molar-refractivity contribution in [2.75, 3.05) is 19.0 Å². The standard InChI is InChI=1S/C29H33NO6/c1-18(27(32)29-14-19-10-20(15-29)12-21(11-19)16-29)36-28(33)22-6-8-24(9-7-22)35-17-26(31)30-23-4-3-5-25(13-23)34-2/h3-9,13,18-21H,10-12,14-17H2,1-2H3,(H,30,31). The molecular formula is C29H33NO6. The molecule has 0 aliphatic heterocycles. The van der Waals surface area contributed by atoms with Crippen LogP contribution >= 0.6 is 0 Å². The maximum absolute atomic E-state index is 13.4. The molecule has 4 bridgehead atoms. The van der Waals surface area contributed by atoms with Gasteiger partial charge in [0.1, 0.15) is 11.5 Å². The molecule has 7 heteroatoms. The summed E-state index contributed by atoms with van der Waals surface area (Å²) in [5.74, 6) is 2.33. The van der Waals surface area contributed by atoms with E-state index in [1.54, 1.807) is 62.6 Å². The van der Waals surface area contributed by atoms with Crippen LogP contribution in [0.3, 0.4) is 0 Å². The SMILES string of the molecule is COc1cccc(NC(=O)COc2ccc(C(=O)OC(C)C(=O)C34CC5CC(CC(C5)C3)C4)cc2)c1. The number of rotatable bonds is 9. The number of amides is 1. The van der Waals surface area contributed by atoms with Crippen LogP contribution in [0.25, 0.3) is 0 Å². The fourth-order valence-corrected chi connectivity index (χ4v) is 6.86. The topological polar surface area (TPSA) is 90.9 Å². The Balaban J connectivity index is 1.12. The van der Waals surface area contributed by atoms with E-state index in [1.807, 2.05) is 0 Å². The van der Waals surface area contributed by atoms with Gasteiger partial charge < -0.3 is 19.5 Å². The van der Waals surface area contributed by atoms with Crippen molar-refractivity contribution in [2.24, 2.45) is 23.2 Å². The van der Waals surface area contributed by atoms with Crippen LogP contribution in [0.5, 0.6) is 11.5 Å². The second kappa shape index (κ2) is 9.96. The summed E-state index contributed by atoms with van der Waals surface area (Å²) >= 11 is 0. The molecule has 1 N–H and O–H groups in total. The van der Waals surface area contributed by atoms with Crippen molar-refractivity contribution in [1.82, 2.24) is 0 Å². The third-order valence-electron chi connectivity index (χ3n) is 8.03. The van der Waals surface area contributed by atoms with Gasteiger partial charge in [-0.05, 0) is 99.6 Å². The second-order valence-corrected chi connectivity index (χ2v) is 10.7. The van der Waals surface area contributed by atoms with Crippen LogP contribution in [0, 0.1) is 23.2 Å². The van der Waals surface area contributed by atoms with Gasteiger partial charge in [-0.15, -0.1) is 0 Å². The highest BCUT2D eigenvalue weighted by Crippen LogP contribution is 2.60. The predicted molar refractivity (Wildman–Crippen MR) is 134 cm³/mol. The van der Waals surface area contributed by atoms with Gasteiger partial charge in [0.05, 0.1) is 12.7 Å². The molecule has 0 aromatic heterocycles. The number of Topliss-reactive ketones (excluding diaryl/α,β-unsaturated/α-hetero) is 1. The monoisotopic (exact) mass is 491 g/mol. The summed E-state index contributed by atoms with van der Waals surface area (Å²) in [6.45, 7) is 1.52. The van der Waals surface area contributed by atoms with Crippen LogP contribution in [0.4, 0.5) is 5.69 Å². The highest BCUT2D eigenvalue weighted by molar-refractivity contribution is 5.95. The molecule has 2 aromatic carbocycles. The Morgan fingerprint density at radius 2 is 1.58 bits per heavy atom. The first-order chi connectivity index (χ1) is 17.3. The maximum atomic E-state index is 13.4. The lowest BCUT2D eigenvalue weighted by molar-refractivity contribution is -0.152. The number of ether oxygens (including phenoxy) is 3. The van der Waals surface area contributed by atoms with E-state index in [0.29, 0.717) is 40.5 Å². The Bertz CT molecular complexity index is 1110. The lowest BCUT2D eigenvalue weighted by Crippen LogP contribution is -2.52. The van der Waals surface area contributed by atoms with Crippen LogP contribution < -0.4 is 14.8 Å². The Hall–Kier alpha value is -3.35. The third kappa shape index (κ3) is 5.11. The molecule has 4 aliphatic rings. The number of hydrogen-bond acceptors (Lipinski definition) is 6. The van der Waals surface area contributed by atoms with Gasteiger partial charge >= 0.3 is 5.97 Å². The summed E-state index contributed by atoms with van der Waals surface area (Å²) in [5, 5.41) is 2.75. The average molecular weight is 492 g/mol. The van der Waals surface area contributed by atoms with Crippen molar-refractivity contribution >= 4 is 23.3 Å². The molecule has 2 aromatic rings. The highest BCUT2D eigenvalue weighted by atomic mass is 16.5. The van der Waals surface area contributed by atoms with Crippen LogP contribution in [-0.2, 0) is 14.3 Å². The van der Waals surface area contributed by atoms with E-state index in [1.165, 1.54) is 19.3 Å². The molecule has 0 heterocycles. The minimum absolute atomic E-state index is 0.0944. The lowest BCUT2D eigenvalue weighted by atomic mass is 9.48. The minimum atomic E-state index is -0.759. The van der Waals surface area contributed by atoms with Crippen LogP contribution in [0.15, 0.2) is 48.5 Å². The summed E-state index contributed by atoms with van der Waals surface area (Å²) in [5.41, 5.74) is 0.657. The van der Waals surface area contributed by atoms with Crippen molar-refractivity contribution < 1.29 is 28.6 Å². The number of hydrogen-bond donors (Lipinski definition) is 1. The summed E-state index contributed by atoms with van der Waals surface area (Å²) in [7, 11) is 1.56. The molecule has 4 saturated carbocycles. The van der Waals surface area contributed by atoms with Crippen molar-refractivity contribution in [2.45, 2.75) is 51.6 Å². The van der Waals surface area contributed by atoms with E-state index in [9.17, 15) is 14.4 Å². The molecule has 7 nitrogen and oxygen atoms in total. The zero-order valence-corrected chi connectivity index (χ0v) is 20.8. The summed E-state index contributed by atoms with van der Waals surface area (Å²) < 4.78 is 16.3. The molecule has 0 saturated heterocycles. The van der Waals surface area contributed by atoms with Gasteiger partial charge in [0.25, 0.3) is 5.91 Å². The molecule has 190 valence electrons. The predicted octanol–water partition coefficient (Wildman–Crippen LogP) is 5.04. The molecule has 4 aliphatic carbocycles. The normalized spacial score (nSPS) is 26.7. The molecular weight excluding hydrogens is 458 g/mol. The fraction of sp³-hybridized carbons (Fsp3) is 0.483. The van der Waals surface area contributed by atoms with Crippen molar-refractivity contribution in [3.63, 3.8) is 0 Å². The Labute approximate surface area is 211 Å². The smallest absolute Gasteiger partial charge is 0.338 e. The molecule has 4 fully saturated rings. The number of esters is 1. The Kier molecular flexibility index (Phi) is 6.73. The number of nitrogens with one attached hydrogen (secondary N) is 1. The van der Waals surface area contributed by atoms with Gasteiger partial charge in [0.15, 0.2) is 18.5 Å². The van der Waals surface area contributed by atoms with Crippen molar-refractivity contribution in [1.29, 1.82) is 0 Å². The van der Waals surface area contributed by atoms with Crippen molar-refractivity contribution in [3.05, 3.63) is 54.1 Å². The minimum Gasteiger partial charge on any atom is -0.497 e. The lowest BCUT2D eigenvalue weighted by Gasteiger charge is -2.56. The number of carbonyl (C=O) groups excluding carboxylic acids is 3. The quantitative estimate of drug-likeness (QED) is 0.494. The van der Waals surface area contributed by atoms with E-state index >= 15 is 0 Å². The number of anilines is 1. The van der Waals surface area contributed by atoms with E-state index < -0.39 is 12.1 Å². The molecule has 1 amide bonds. The molecule has 36 heavy (non-hydrogen) atoms. The van der Waals surface area contributed by atoms with E-state index in [4.69, 9.17) is 14.2 Å². The van der Waals surface area contributed by atoms with Gasteiger partial charge in [0, 0.05) is 17.2 Å². The van der Waals surface area contributed by atoms with E-state index in [2.05, 4.69) is 5.32 Å². The first-order valence-corrected chi connectivity index (χ1v) is 12.8. The summed E-state index contributed by atoms with van der Waals surface area (Å²) in [6.07, 6.45) is 5.89. The molecule has 0 spiro atoms. The van der Waals surface area contributed by atoms with E-state index in [-0.39, 0.29) is 23.7 Å². The van der Waals surface area contributed by atoms with Crippen LogP contribution in [0.1, 0.15) is 55.8 Å². The van der Waals surface area contributed by atoms with Gasteiger partial charge in [-0.2, -0.15) is 0 Å². The molecule has 1 unspecified atom stereocenters. The Morgan fingerprint density at radius 3 is 2.19 bits per heavy atom. The second-order valence-electron chi connectivity index (χ2n) is 10.7. The van der Waals surface area contributed by atoms with Crippen LogP contribution in [-0.4, -0.2) is 37.5 Å². The van der Waals surface area contributed by atoms with Gasteiger partial charge in [-0.3, -0.25) is 9.59 Å². The third-order valence-corrected chi connectivity index (χ3v) is 8.03. The van der Waals surface area contributed by atoms with Gasteiger partial charge in [-0.1, -0.05) is 6.07 Å². The first kappa shape index (κ1) is 24.3. The molecule has 1 atom stereocenters. The average Bonchev–Trinajstić information content (AvgIpc) is 2.86. The zero-order chi connectivity index (χ0) is 25.3. The van der Waals surface area contributed by atoms with Crippen LogP contribution in [0.2, 0.25) is 0 Å². The first-order valence-electron chi connectivity index (χ1n) is 12.8. The van der Waals surface area contributed by atoms with Gasteiger partial charge in [-0.25, -0.2) is 4.79 Å². The van der Waals surface area contributed by atoms with E-state index in [0.717, 1.165) is 19.3 Å². The summed E-state index contributed by atoms with van der Waals surface area (Å²) in [6, 6.07) is 13.4. The number of ketones is 1. The fourth-order valence-electron chi connectivity index (χ4n) is 6.86. The van der Waals surface area contributed by atoms with Gasteiger partial charge in [0.2, 0.25) is 0 Å².